The molecule has 1 N–H and O–H groups in total. The summed E-state index contributed by atoms with van der Waals surface area (Å²) in [5, 5.41) is 6.77. The van der Waals surface area contributed by atoms with E-state index in [0.717, 1.165) is 13.0 Å². The maximum absolute atomic E-state index is 4.41. The molecule has 1 unspecified atom stereocenters. The lowest BCUT2D eigenvalue weighted by Gasteiger charge is -2.09. The van der Waals surface area contributed by atoms with Crippen molar-refractivity contribution >= 4 is 11.3 Å². The van der Waals surface area contributed by atoms with Crippen molar-refractivity contribution in [3.05, 3.63) is 16.1 Å². The van der Waals surface area contributed by atoms with Crippen molar-refractivity contribution in [2.45, 2.75) is 39.7 Å². The summed E-state index contributed by atoms with van der Waals surface area (Å²) in [6, 6.07) is 0.625. The molecule has 0 aromatic carbocycles. The molecular formula is C10H18N2S. The van der Waals surface area contributed by atoms with Gasteiger partial charge in [-0.25, -0.2) is 4.98 Å². The number of rotatable bonds is 5. The van der Waals surface area contributed by atoms with Crippen LogP contribution in [-0.2, 0) is 6.42 Å². The van der Waals surface area contributed by atoms with Crippen molar-refractivity contribution < 1.29 is 0 Å². The van der Waals surface area contributed by atoms with E-state index in [-0.39, 0.29) is 0 Å². The van der Waals surface area contributed by atoms with Crippen LogP contribution in [0.25, 0.3) is 0 Å². The Labute approximate surface area is 84.4 Å². The Morgan fingerprint density at radius 1 is 1.62 bits per heavy atom. The minimum absolute atomic E-state index is 0.625. The topological polar surface area (TPSA) is 24.9 Å². The Hall–Kier alpha value is -0.410. The molecule has 1 atom stereocenters. The SMILES string of the molecule is CCC(C)NCCc1csc(C)n1. The van der Waals surface area contributed by atoms with Crippen molar-refractivity contribution in [3.63, 3.8) is 0 Å². The van der Waals surface area contributed by atoms with E-state index in [1.807, 2.05) is 0 Å². The molecule has 3 heteroatoms. The molecule has 2 nitrogen and oxygen atoms in total. The van der Waals surface area contributed by atoms with Crippen molar-refractivity contribution in [1.29, 1.82) is 0 Å². The highest BCUT2D eigenvalue weighted by atomic mass is 32.1. The fourth-order valence-corrected chi connectivity index (χ4v) is 1.76. The van der Waals surface area contributed by atoms with Crippen LogP contribution in [0.3, 0.4) is 0 Å². The second kappa shape index (κ2) is 5.35. The van der Waals surface area contributed by atoms with Gasteiger partial charge in [-0.1, -0.05) is 6.92 Å². The Balaban J connectivity index is 2.20. The molecule has 0 saturated carbocycles. The van der Waals surface area contributed by atoms with Gasteiger partial charge >= 0.3 is 0 Å². The third-order valence-electron chi connectivity index (χ3n) is 2.15. The van der Waals surface area contributed by atoms with Crippen LogP contribution < -0.4 is 5.32 Å². The minimum atomic E-state index is 0.625. The van der Waals surface area contributed by atoms with Crippen LogP contribution in [-0.4, -0.2) is 17.6 Å². The van der Waals surface area contributed by atoms with Crippen LogP contribution in [0.5, 0.6) is 0 Å². The average Bonchev–Trinajstić information content (AvgIpc) is 2.51. The summed E-state index contributed by atoms with van der Waals surface area (Å²) in [6.07, 6.45) is 2.24. The quantitative estimate of drug-likeness (QED) is 0.785. The standard InChI is InChI=1S/C10H18N2S/c1-4-8(2)11-6-5-10-7-13-9(3)12-10/h7-8,11H,4-6H2,1-3H3. The fraction of sp³-hybridized carbons (Fsp3) is 0.700. The zero-order valence-electron chi connectivity index (χ0n) is 8.63. The summed E-state index contributed by atoms with van der Waals surface area (Å²) in [5.74, 6) is 0. The lowest BCUT2D eigenvalue weighted by atomic mass is 10.2. The van der Waals surface area contributed by atoms with Crippen molar-refractivity contribution in [1.82, 2.24) is 10.3 Å². The zero-order valence-corrected chi connectivity index (χ0v) is 9.45. The summed E-state index contributed by atoms with van der Waals surface area (Å²) in [7, 11) is 0. The van der Waals surface area contributed by atoms with E-state index in [2.05, 4.69) is 36.5 Å². The van der Waals surface area contributed by atoms with E-state index in [9.17, 15) is 0 Å². The summed E-state index contributed by atoms with van der Waals surface area (Å²) in [4.78, 5) is 4.41. The number of hydrogen-bond acceptors (Lipinski definition) is 3. The van der Waals surface area contributed by atoms with Crippen molar-refractivity contribution in [3.8, 4) is 0 Å². The molecule has 0 aliphatic carbocycles. The van der Waals surface area contributed by atoms with Gasteiger partial charge in [0.05, 0.1) is 10.7 Å². The zero-order chi connectivity index (χ0) is 9.68. The molecule has 0 spiro atoms. The Morgan fingerprint density at radius 2 is 2.38 bits per heavy atom. The van der Waals surface area contributed by atoms with E-state index < -0.39 is 0 Å². The largest absolute Gasteiger partial charge is 0.314 e. The molecule has 0 saturated heterocycles. The summed E-state index contributed by atoms with van der Waals surface area (Å²) in [5.41, 5.74) is 1.22. The number of thiazole rings is 1. The molecule has 1 aromatic heterocycles. The van der Waals surface area contributed by atoms with Crippen LogP contribution in [0.4, 0.5) is 0 Å². The second-order valence-electron chi connectivity index (χ2n) is 3.37. The molecule has 1 heterocycles. The number of nitrogens with one attached hydrogen (secondary N) is 1. The number of hydrogen-bond donors (Lipinski definition) is 1. The molecule has 0 aliphatic heterocycles. The molecule has 0 bridgehead atoms. The molecule has 1 rings (SSSR count). The first-order valence-electron chi connectivity index (χ1n) is 4.86. The predicted octanol–water partition coefficient (Wildman–Crippen LogP) is 2.38. The highest BCUT2D eigenvalue weighted by Gasteiger charge is 1.99. The van der Waals surface area contributed by atoms with Gasteiger partial charge in [-0.3, -0.25) is 0 Å². The lowest BCUT2D eigenvalue weighted by molar-refractivity contribution is 0.536. The van der Waals surface area contributed by atoms with Crippen LogP contribution in [0, 0.1) is 6.92 Å². The fourth-order valence-electron chi connectivity index (χ4n) is 1.11. The van der Waals surface area contributed by atoms with Gasteiger partial charge in [0.25, 0.3) is 0 Å². The summed E-state index contributed by atoms with van der Waals surface area (Å²) in [6.45, 7) is 7.51. The molecular weight excluding hydrogens is 180 g/mol. The third kappa shape index (κ3) is 3.87. The Morgan fingerprint density at radius 3 is 2.92 bits per heavy atom. The second-order valence-corrected chi connectivity index (χ2v) is 4.43. The molecule has 74 valence electrons. The number of aromatic nitrogens is 1. The smallest absolute Gasteiger partial charge is 0.0897 e. The van der Waals surface area contributed by atoms with Gasteiger partial charge in [0.1, 0.15) is 0 Å². The molecule has 13 heavy (non-hydrogen) atoms. The van der Waals surface area contributed by atoms with E-state index in [4.69, 9.17) is 0 Å². The van der Waals surface area contributed by atoms with Crippen molar-refractivity contribution in [2.75, 3.05) is 6.54 Å². The van der Waals surface area contributed by atoms with Crippen LogP contribution in [0.1, 0.15) is 31.0 Å². The highest BCUT2D eigenvalue weighted by Crippen LogP contribution is 2.07. The van der Waals surface area contributed by atoms with Crippen molar-refractivity contribution in [2.24, 2.45) is 0 Å². The normalized spacial score (nSPS) is 13.2. The van der Waals surface area contributed by atoms with Gasteiger partial charge in [0, 0.05) is 24.4 Å². The first kappa shape index (κ1) is 10.7. The Bertz CT molecular complexity index is 245. The molecule has 0 aliphatic rings. The first-order chi connectivity index (χ1) is 6.22. The van der Waals surface area contributed by atoms with E-state index in [0.29, 0.717) is 6.04 Å². The summed E-state index contributed by atoms with van der Waals surface area (Å²) < 4.78 is 0. The average molecular weight is 198 g/mol. The molecule has 1 aromatic rings. The number of aryl methyl sites for hydroxylation is 1. The minimum Gasteiger partial charge on any atom is -0.314 e. The van der Waals surface area contributed by atoms with Gasteiger partial charge < -0.3 is 5.32 Å². The third-order valence-corrected chi connectivity index (χ3v) is 2.98. The monoisotopic (exact) mass is 198 g/mol. The first-order valence-corrected chi connectivity index (χ1v) is 5.74. The molecule has 0 radical (unpaired) electrons. The predicted molar refractivity (Wildman–Crippen MR) is 58.3 cm³/mol. The Kier molecular flexibility index (Phi) is 4.39. The molecule has 0 amide bonds. The van der Waals surface area contributed by atoms with Gasteiger partial charge in [-0.05, 0) is 20.3 Å². The summed E-state index contributed by atoms with van der Waals surface area (Å²) >= 11 is 1.73. The highest BCUT2D eigenvalue weighted by molar-refractivity contribution is 7.09. The van der Waals surface area contributed by atoms with Gasteiger partial charge in [0.15, 0.2) is 0 Å². The lowest BCUT2D eigenvalue weighted by Crippen LogP contribution is -2.27. The van der Waals surface area contributed by atoms with Crippen LogP contribution in [0.15, 0.2) is 5.38 Å². The van der Waals surface area contributed by atoms with Crippen LogP contribution >= 0.6 is 11.3 Å². The van der Waals surface area contributed by atoms with E-state index >= 15 is 0 Å². The van der Waals surface area contributed by atoms with Gasteiger partial charge in [0.2, 0.25) is 0 Å². The maximum atomic E-state index is 4.41. The van der Waals surface area contributed by atoms with E-state index in [1.165, 1.54) is 17.1 Å². The molecule has 0 fully saturated rings. The van der Waals surface area contributed by atoms with Gasteiger partial charge in [-0.2, -0.15) is 0 Å². The number of nitrogens with zero attached hydrogens (tertiary/aromatic N) is 1. The van der Waals surface area contributed by atoms with E-state index in [1.54, 1.807) is 11.3 Å². The van der Waals surface area contributed by atoms with Gasteiger partial charge in [-0.15, -0.1) is 11.3 Å². The van der Waals surface area contributed by atoms with Crippen LogP contribution in [0.2, 0.25) is 0 Å². The maximum Gasteiger partial charge on any atom is 0.0897 e.